The molecule has 1 saturated heterocycles. The van der Waals surface area contributed by atoms with Gasteiger partial charge in [0.2, 0.25) is 0 Å². The number of carboxylic acids is 1. The summed E-state index contributed by atoms with van der Waals surface area (Å²) in [4.78, 5) is 18.9. The predicted octanol–water partition coefficient (Wildman–Crippen LogP) is 6.92. The summed E-state index contributed by atoms with van der Waals surface area (Å²) in [6.07, 6.45) is 0.899. The molecule has 4 rings (SSSR count). The molecule has 198 valence electrons. The van der Waals surface area contributed by atoms with Crippen molar-refractivity contribution in [2.75, 3.05) is 32.5 Å². The number of hydrogen-bond acceptors (Lipinski definition) is 5. The van der Waals surface area contributed by atoms with Gasteiger partial charge in [-0.15, -0.1) is 11.8 Å². The van der Waals surface area contributed by atoms with E-state index in [9.17, 15) is 18.7 Å². The van der Waals surface area contributed by atoms with E-state index in [0.29, 0.717) is 60.4 Å². The molecule has 1 aliphatic rings. The highest BCUT2D eigenvalue weighted by atomic mass is 35.5. The van der Waals surface area contributed by atoms with Crippen molar-refractivity contribution in [2.24, 2.45) is 5.41 Å². The molecular formula is C27H28ClF3N2O3S. The smallest absolute Gasteiger partial charge is 0.309 e. The van der Waals surface area contributed by atoms with E-state index in [4.69, 9.17) is 16.3 Å². The van der Waals surface area contributed by atoms with Gasteiger partial charge in [-0.25, -0.2) is 13.2 Å². The van der Waals surface area contributed by atoms with Crippen molar-refractivity contribution >= 4 is 40.2 Å². The maximum absolute atomic E-state index is 15.6. The average molecular weight is 553 g/mol. The third-order valence-corrected chi connectivity index (χ3v) is 8.39. The minimum Gasteiger partial charge on any atom is -0.497 e. The molecule has 1 fully saturated rings. The quantitative estimate of drug-likeness (QED) is 0.275. The molecule has 1 aromatic heterocycles. The largest absolute Gasteiger partial charge is 0.497 e. The number of piperidine rings is 1. The van der Waals surface area contributed by atoms with Gasteiger partial charge in [0.05, 0.1) is 23.1 Å². The number of methoxy groups -OCH3 is 1. The molecule has 3 aromatic rings. The van der Waals surface area contributed by atoms with Gasteiger partial charge in [0, 0.05) is 34.3 Å². The number of halogens is 4. The molecule has 0 aliphatic carbocycles. The predicted molar refractivity (Wildman–Crippen MR) is 139 cm³/mol. The lowest BCUT2D eigenvalue weighted by Crippen LogP contribution is -2.45. The fraction of sp³-hybridized carbons (Fsp3) is 0.407. The van der Waals surface area contributed by atoms with Gasteiger partial charge in [-0.3, -0.25) is 9.78 Å². The molecule has 0 amide bonds. The van der Waals surface area contributed by atoms with E-state index in [2.05, 4.69) is 9.88 Å². The van der Waals surface area contributed by atoms with Gasteiger partial charge in [-0.1, -0.05) is 11.6 Å². The van der Waals surface area contributed by atoms with E-state index in [1.165, 1.54) is 31.1 Å². The van der Waals surface area contributed by atoms with Crippen molar-refractivity contribution in [2.45, 2.75) is 36.8 Å². The number of pyridine rings is 1. The number of benzene rings is 2. The first kappa shape index (κ1) is 27.5. The van der Waals surface area contributed by atoms with Gasteiger partial charge in [-0.05, 0) is 75.2 Å². The Morgan fingerprint density at radius 1 is 1.24 bits per heavy atom. The number of alkyl halides is 1. The Morgan fingerprint density at radius 2 is 2.00 bits per heavy atom. The molecule has 2 aromatic carbocycles. The van der Waals surface area contributed by atoms with Gasteiger partial charge in [0.1, 0.15) is 23.6 Å². The number of hydrogen-bond donors (Lipinski definition) is 1. The van der Waals surface area contributed by atoms with Crippen LogP contribution < -0.4 is 4.74 Å². The zero-order chi connectivity index (χ0) is 26.6. The van der Waals surface area contributed by atoms with Crippen LogP contribution in [-0.2, 0) is 4.79 Å². The molecule has 0 saturated carbocycles. The molecule has 2 heterocycles. The first-order valence-corrected chi connectivity index (χ1v) is 13.4. The Labute approximate surface area is 223 Å². The summed E-state index contributed by atoms with van der Waals surface area (Å²) in [5.41, 5.74) is -0.152. The van der Waals surface area contributed by atoms with Gasteiger partial charge < -0.3 is 14.7 Å². The van der Waals surface area contributed by atoms with Crippen LogP contribution >= 0.6 is 23.4 Å². The van der Waals surface area contributed by atoms with Crippen molar-refractivity contribution in [3.8, 4) is 5.75 Å². The molecular weight excluding hydrogens is 525 g/mol. The minimum atomic E-state index is -1.46. The van der Waals surface area contributed by atoms with E-state index in [0.717, 1.165) is 12.1 Å². The van der Waals surface area contributed by atoms with Gasteiger partial charge in [-0.2, -0.15) is 0 Å². The number of likely N-dealkylation sites (tertiary alicyclic amines) is 1. The topological polar surface area (TPSA) is 62.7 Å². The van der Waals surface area contributed by atoms with E-state index < -0.39 is 29.2 Å². The van der Waals surface area contributed by atoms with Crippen molar-refractivity contribution in [1.82, 2.24) is 9.88 Å². The molecule has 0 bridgehead atoms. The van der Waals surface area contributed by atoms with Crippen LogP contribution in [0.5, 0.6) is 5.75 Å². The lowest BCUT2D eigenvalue weighted by molar-refractivity contribution is -0.153. The third-order valence-electron chi connectivity index (χ3n) is 7.08. The monoisotopic (exact) mass is 552 g/mol. The van der Waals surface area contributed by atoms with Crippen LogP contribution in [0.25, 0.3) is 10.9 Å². The Hall–Kier alpha value is -2.49. The highest BCUT2D eigenvalue weighted by Gasteiger charge is 2.41. The summed E-state index contributed by atoms with van der Waals surface area (Å²) in [5, 5.41) is 10.8. The standard InChI is InChI=1S/C27H28ClF3N2O3S/c1-36-18-3-5-23-19(15-18)25(20(28)16-32-23)22(31)6-7-27(26(34)35)8-10-33(11-9-27)12-13-37-24-14-17(29)2-4-21(24)30/h2-5,14-16,22H,6-13H2,1H3,(H,34,35). The molecule has 1 N–H and O–H groups in total. The summed E-state index contributed by atoms with van der Waals surface area (Å²) < 4.78 is 48.1. The summed E-state index contributed by atoms with van der Waals surface area (Å²) in [6.45, 7) is 1.68. The molecule has 1 unspecified atom stereocenters. The summed E-state index contributed by atoms with van der Waals surface area (Å²) in [5.74, 6) is -0.777. The number of nitrogens with zero attached hydrogens (tertiary/aromatic N) is 2. The van der Waals surface area contributed by atoms with E-state index in [1.807, 2.05) is 0 Å². The first-order chi connectivity index (χ1) is 17.7. The van der Waals surface area contributed by atoms with Crippen molar-refractivity contribution in [1.29, 1.82) is 0 Å². The van der Waals surface area contributed by atoms with Gasteiger partial charge in [0.25, 0.3) is 0 Å². The number of aliphatic carboxylic acids is 1. The van der Waals surface area contributed by atoms with Crippen molar-refractivity contribution in [3.63, 3.8) is 0 Å². The number of carboxylic acid groups (broad SMARTS) is 1. The van der Waals surface area contributed by atoms with Crippen LogP contribution in [0.1, 0.15) is 37.4 Å². The van der Waals surface area contributed by atoms with Crippen LogP contribution in [-0.4, -0.2) is 53.5 Å². The number of carbonyl (C=O) groups is 1. The lowest BCUT2D eigenvalue weighted by Gasteiger charge is -2.39. The first-order valence-electron chi connectivity index (χ1n) is 12.0. The number of fused-ring (bicyclic) bond motifs is 1. The second-order valence-corrected chi connectivity index (χ2v) is 10.8. The zero-order valence-electron chi connectivity index (χ0n) is 20.4. The summed E-state index contributed by atoms with van der Waals surface area (Å²) >= 11 is 7.56. The molecule has 10 heteroatoms. The van der Waals surface area contributed by atoms with Crippen LogP contribution in [0.4, 0.5) is 13.2 Å². The normalized spacial score (nSPS) is 16.6. The Bertz CT molecular complexity index is 1270. The molecule has 5 nitrogen and oxygen atoms in total. The van der Waals surface area contributed by atoms with Crippen LogP contribution in [0, 0.1) is 17.0 Å². The fourth-order valence-electron chi connectivity index (χ4n) is 4.81. The molecule has 37 heavy (non-hydrogen) atoms. The molecule has 1 atom stereocenters. The molecule has 0 spiro atoms. The Morgan fingerprint density at radius 3 is 2.70 bits per heavy atom. The van der Waals surface area contributed by atoms with Crippen LogP contribution in [0.3, 0.4) is 0 Å². The maximum Gasteiger partial charge on any atom is 0.309 e. The summed E-state index contributed by atoms with van der Waals surface area (Å²) in [7, 11) is 1.52. The van der Waals surface area contributed by atoms with Crippen molar-refractivity contribution in [3.05, 3.63) is 64.8 Å². The second kappa shape index (κ2) is 11.9. The number of aromatic nitrogens is 1. The molecule has 1 aliphatic heterocycles. The lowest BCUT2D eigenvalue weighted by atomic mass is 9.74. The van der Waals surface area contributed by atoms with Gasteiger partial charge in [0.15, 0.2) is 0 Å². The number of ether oxygens (including phenoxy) is 1. The van der Waals surface area contributed by atoms with E-state index in [-0.39, 0.29) is 22.8 Å². The van der Waals surface area contributed by atoms with E-state index >= 15 is 4.39 Å². The Kier molecular flexibility index (Phi) is 8.87. The zero-order valence-corrected chi connectivity index (χ0v) is 21.9. The summed E-state index contributed by atoms with van der Waals surface area (Å²) in [6, 6.07) is 8.52. The Balaban J connectivity index is 1.37. The number of thioether (sulfide) groups is 1. The van der Waals surface area contributed by atoms with Gasteiger partial charge >= 0.3 is 5.97 Å². The maximum atomic E-state index is 15.6. The second-order valence-electron chi connectivity index (χ2n) is 9.26. The van der Waals surface area contributed by atoms with Crippen LogP contribution in [0.15, 0.2) is 47.5 Å². The highest BCUT2D eigenvalue weighted by Crippen LogP contribution is 2.42. The fourth-order valence-corrected chi connectivity index (χ4v) is 6.05. The molecule has 0 radical (unpaired) electrons. The van der Waals surface area contributed by atoms with E-state index in [1.54, 1.807) is 18.2 Å². The average Bonchev–Trinajstić information content (AvgIpc) is 2.89. The van der Waals surface area contributed by atoms with Crippen molar-refractivity contribution < 1.29 is 27.8 Å². The van der Waals surface area contributed by atoms with Crippen LogP contribution in [0.2, 0.25) is 5.02 Å². The minimum absolute atomic E-state index is 0.0110. The SMILES string of the molecule is COc1ccc2ncc(Cl)c(C(F)CCC3(C(=O)O)CCN(CCSc4cc(F)ccc4F)CC3)c2c1. The number of rotatable bonds is 10. The third kappa shape index (κ3) is 6.33. The highest BCUT2D eigenvalue weighted by molar-refractivity contribution is 7.99.